The molecule has 1 fully saturated rings. The van der Waals surface area contributed by atoms with Crippen LogP contribution in [0, 0.1) is 0 Å². The van der Waals surface area contributed by atoms with Crippen LogP contribution in [0.1, 0.15) is 17.5 Å². The third-order valence-corrected chi connectivity index (χ3v) is 5.27. The predicted molar refractivity (Wildman–Crippen MR) is 93.8 cm³/mol. The van der Waals surface area contributed by atoms with Crippen LogP contribution in [0.15, 0.2) is 42.7 Å². The van der Waals surface area contributed by atoms with E-state index >= 15 is 0 Å². The van der Waals surface area contributed by atoms with Crippen LogP contribution in [0.25, 0.3) is 0 Å². The first-order valence-electron chi connectivity index (χ1n) is 8.88. The Balaban J connectivity index is 1.35. The number of β-amino-alcohol motifs (C(OH)–C–C–N with tert-alkyl or cyclic N) is 1. The van der Waals surface area contributed by atoms with Crippen LogP contribution in [0.5, 0.6) is 0 Å². The van der Waals surface area contributed by atoms with Gasteiger partial charge >= 0.3 is 0 Å². The highest BCUT2D eigenvalue weighted by Crippen LogP contribution is 2.26. The number of nitrogens with zero attached hydrogens (tertiary/aromatic N) is 4. The first-order valence-corrected chi connectivity index (χ1v) is 8.88. The molecule has 1 N–H and O–H groups in total. The highest BCUT2D eigenvalue weighted by molar-refractivity contribution is 5.76. The maximum absolute atomic E-state index is 12.4. The summed E-state index contributed by atoms with van der Waals surface area (Å²) in [5.41, 5.74) is 1.95. The van der Waals surface area contributed by atoms with Crippen molar-refractivity contribution in [1.29, 1.82) is 0 Å². The standard InChI is InChI=1S/C19H24N4O2/c24-18(13-23-9-3-8-20-23)22-11-7-19(25,15-22)14-21-10-6-16-4-1-2-5-17(16)12-21/h1-5,8-9,25H,6-7,10-15H2/t19-/m1/s1. The lowest BCUT2D eigenvalue weighted by molar-refractivity contribution is -0.132. The van der Waals surface area contributed by atoms with Gasteiger partial charge in [-0.2, -0.15) is 5.10 Å². The zero-order valence-electron chi connectivity index (χ0n) is 14.3. The van der Waals surface area contributed by atoms with Crippen molar-refractivity contribution in [1.82, 2.24) is 19.6 Å². The number of amides is 1. The van der Waals surface area contributed by atoms with E-state index in [0.717, 1.165) is 19.5 Å². The topological polar surface area (TPSA) is 61.6 Å². The molecule has 6 heteroatoms. The van der Waals surface area contributed by atoms with Crippen molar-refractivity contribution in [2.45, 2.75) is 31.5 Å². The lowest BCUT2D eigenvalue weighted by atomic mass is 9.97. The summed E-state index contributed by atoms with van der Waals surface area (Å²) < 4.78 is 1.63. The Labute approximate surface area is 147 Å². The molecule has 0 saturated carbocycles. The van der Waals surface area contributed by atoms with Crippen molar-refractivity contribution in [2.75, 3.05) is 26.2 Å². The second-order valence-electron chi connectivity index (χ2n) is 7.22. The molecule has 0 unspecified atom stereocenters. The third-order valence-electron chi connectivity index (χ3n) is 5.27. The molecule has 1 atom stereocenters. The van der Waals surface area contributed by atoms with E-state index in [1.54, 1.807) is 22.0 Å². The molecule has 1 saturated heterocycles. The molecule has 2 aromatic rings. The summed E-state index contributed by atoms with van der Waals surface area (Å²) in [4.78, 5) is 16.5. The van der Waals surface area contributed by atoms with E-state index in [2.05, 4.69) is 34.3 Å². The van der Waals surface area contributed by atoms with Crippen molar-refractivity contribution >= 4 is 5.91 Å². The van der Waals surface area contributed by atoms with Gasteiger partial charge in [0.15, 0.2) is 0 Å². The van der Waals surface area contributed by atoms with Gasteiger partial charge in [0.25, 0.3) is 0 Å². The van der Waals surface area contributed by atoms with Crippen molar-refractivity contribution in [2.24, 2.45) is 0 Å². The minimum Gasteiger partial charge on any atom is -0.387 e. The molecule has 6 nitrogen and oxygen atoms in total. The fraction of sp³-hybridized carbons (Fsp3) is 0.474. The van der Waals surface area contributed by atoms with E-state index in [-0.39, 0.29) is 12.5 Å². The number of fused-ring (bicyclic) bond motifs is 1. The zero-order valence-corrected chi connectivity index (χ0v) is 14.3. The number of hydrogen-bond donors (Lipinski definition) is 1. The largest absolute Gasteiger partial charge is 0.387 e. The van der Waals surface area contributed by atoms with Crippen LogP contribution in [0.4, 0.5) is 0 Å². The van der Waals surface area contributed by atoms with Crippen molar-refractivity contribution in [3.8, 4) is 0 Å². The zero-order chi connectivity index (χ0) is 17.3. The Kier molecular flexibility index (Phi) is 4.31. The summed E-state index contributed by atoms with van der Waals surface area (Å²) in [6, 6.07) is 10.3. The minimum atomic E-state index is -0.813. The van der Waals surface area contributed by atoms with E-state index in [1.807, 2.05) is 6.07 Å². The number of carbonyl (C=O) groups is 1. The summed E-state index contributed by atoms with van der Waals surface area (Å²) in [7, 11) is 0. The molecular weight excluding hydrogens is 316 g/mol. The average Bonchev–Trinajstić information content (AvgIpc) is 3.24. The van der Waals surface area contributed by atoms with Crippen molar-refractivity contribution < 1.29 is 9.90 Å². The second kappa shape index (κ2) is 6.61. The maximum atomic E-state index is 12.4. The van der Waals surface area contributed by atoms with Crippen molar-refractivity contribution in [3.63, 3.8) is 0 Å². The number of likely N-dealkylation sites (tertiary alicyclic amines) is 1. The highest BCUT2D eigenvalue weighted by atomic mass is 16.3. The quantitative estimate of drug-likeness (QED) is 0.899. The number of carbonyl (C=O) groups excluding carboxylic acids is 1. The summed E-state index contributed by atoms with van der Waals surface area (Å²) in [6.45, 7) is 3.71. The molecule has 0 bridgehead atoms. The minimum absolute atomic E-state index is 0.0172. The molecule has 0 aliphatic carbocycles. The molecule has 2 aliphatic rings. The molecule has 1 aromatic heterocycles. The molecule has 0 spiro atoms. The lowest BCUT2D eigenvalue weighted by Gasteiger charge is -2.34. The third kappa shape index (κ3) is 3.60. The number of aromatic nitrogens is 2. The molecular formula is C19H24N4O2. The number of benzene rings is 1. The Morgan fingerprint density at radius 3 is 2.84 bits per heavy atom. The fourth-order valence-corrected chi connectivity index (χ4v) is 3.94. The Bertz CT molecular complexity index is 746. The summed E-state index contributed by atoms with van der Waals surface area (Å²) in [6.07, 6.45) is 5.11. The average molecular weight is 340 g/mol. The Morgan fingerprint density at radius 2 is 2.04 bits per heavy atom. The van der Waals surface area contributed by atoms with Crippen LogP contribution >= 0.6 is 0 Å². The van der Waals surface area contributed by atoms with E-state index in [1.165, 1.54) is 11.1 Å². The molecule has 3 heterocycles. The first-order chi connectivity index (χ1) is 12.1. The number of rotatable bonds is 4. The molecule has 25 heavy (non-hydrogen) atoms. The van der Waals surface area contributed by atoms with Gasteiger partial charge in [-0.1, -0.05) is 24.3 Å². The van der Waals surface area contributed by atoms with E-state index in [0.29, 0.717) is 26.1 Å². The van der Waals surface area contributed by atoms with E-state index in [9.17, 15) is 9.90 Å². The van der Waals surface area contributed by atoms with Gasteiger partial charge in [-0.3, -0.25) is 14.4 Å². The molecule has 4 rings (SSSR count). The summed E-state index contributed by atoms with van der Waals surface area (Å²) in [5.74, 6) is 0.0172. The van der Waals surface area contributed by atoms with Crippen LogP contribution in [-0.4, -0.2) is 62.4 Å². The first kappa shape index (κ1) is 16.3. The molecule has 1 aromatic carbocycles. The van der Waals surface area contributed by atoms with Gasteiger partial charge in [-0.25, -0.2) is 0 Å². The second-order valence-corrected chi connectivity index (χ2v) is 7.22. The van der Waals surface area contributed by atoms with E-state index in [4.69, 9.17) is 0 Å². The molecule has 2 aliphatic heterocycles. The van der Waals surface area contributed by atoms with Crippen LogP contribution in [0.3, 0.4) is 0 Å². The van der Waals surface area contributed by atoms with Gasteiger partial charge in [0.1, 0.15) is 6.54 Å². The van der Waals surface area contributed by atoms with Gasteiger partial charge in [-0.15, -0.1) is 0 Å². The lowest BCUT2D eigenvalue weighted by Crippen LogP contribution is -2.47. The molecule has 132 valence electrons. The fourth-order valence-electron chi connectivity index (χ4n) is 3.94. The smallest absolute Gasteiger partial charge is 0.244 e. The van der Waals surface area contributed by atoms with Gasteiger partial charge < -0.3 is 10.0 Å². The summed E-state index contributed by atoms with van der Waals surface area (Å²) >= 11 is 0. The van der Waals surface area contributed by atoms with Gasteiger partial charge in [0, 0.05) is 38.6 Å². The number of hydrogen-bond acceptors (Lipinski definition) is 4. The SMILES string of the molecule is O=C(Cn1cccn1)N1CC[C@@](O)(CN2CCc3ccccc3C2)C1. The van der Waals surface area contributed by atoms with Gasteiger partial charge in [-0.05, 0) is 30.0 Å². The van der Waals surface area contributed by atoms with Gasteiger partial charge in [0.05, 0.1) is 12.1 Å². The maximum Gasteiger partial charge on any atom is 0.244 e. The molecule has 0 radical (unpaired) electrons. The Hall–Kier alpha value is -2.18. The number of aliphatic hydroxyl groups is 1. The normalized spacial score (nSPS) is 23.6. The monoisotopic (exact) mass is 340 g/mol. The van der Waals surface area contributed by atoms with Crippen LogP contribution in [0.2, 0.25) is 0 Å². The summed E-state index contributed by atoms with van der Waals surface area (Å²) in [5, 5.41) is 15.1. The Morgan fingerprint density at radius 1 is 1.20 bits per heavy atom. The highest BCUT2D eigenvalue weighted by Gasteiger charge is 2.39. The van der Waals surface area contributed by atoms with Gasteiger partial charge in [0.2, 0.25) is 5.91 Å². The molecule has 1 amide bonds. The predicted octanol–water partition coefficient (Wildman–Crippen LogP) is 0.905. The van der Waals surface area contributed by atoms with Crippen molar-refractivity contribution in [3.05, 3.63) is 53.9 Å². The van der Waals surface area contributed by atoms with Crippen LogP contribution < -0.4 is 0 Å². The van der Waals surface area contributed by atoms with Crippen LogP contribution in [-0.2, 0) is 24.3 Å². The van der Waals surface area contributed by atoms with E-state index < -0.39 is 5.60 Å².